The molecule has 0 aliphatic heterocycles. The van der Waals surface area contributed by atoms with Gasteiger partial charge in [-0.1, -0.05) is 43.3 Å². The SMILES string of the molecule is Cc1cccc(-c2nc(C(C)C)no2)c1NC(=O)CCn1cnc2c(C)cccc2c1=O. The maximum absolute atomic E-state index is 12.8. The van der Waals surface area contributed by atoms with Gasteiger partial charge >= 0.3 is 0 Å². The van der Waals surface area contributed by atoms with E-state index in [1.807, 2.05) is 58.0 Å². The summed E-state index contributed by atoms with van der Waals surface area (Å²) in [5.41, 5.74) is 3.63. The van der Waals surface area contributed by atoms with E-state index in [1.54, 1.807) is 6.07 Å². The number of amides is 1. The summed E-state index contributed by atoms with van der Waals surface area (Å²) in [6.07, 6.45) is 1.61. The molecule has 2 aromatic carbocycles. The molecule has 32 heavy (non-hydrogen) atoms. The van der Waals surface area contributed by atoms with Crippen LogP contribution >= 0.6 is 0 Å². The van der Waals surface area contributed by atoms with Crippen LogP contribution in [0.2, 0.25) is 0 Å². The van der Waals surface area contributed by atoms with Gasteiger partial charge in [0.15, 0.2) is 5.82 Å². The molecule has 8 nitrogen and oxygen atoms in total. The number of aryl methyl sites for hydroxylation is 3. The number of carbonyl (C=O) groups excluding carboxylic acids is 1. The van der Waals surface area contributed by atoms with E-state index in [-0.39, 0.29) is 30.3 Å². The number of anilines is 1. The maximum Gasteiger partial charge on any atom is 0.261 e. The van der Waals surface area contributed by atoms with Crippen LogP contribution in [0.3, 0.4) is 0 Å². The molecule has 1 N–H and O–H groups in total. The van der Waals surface area contributed by atoms with Crippen molar-refractivity contribution in [2.24, 2.45) is 0 Å². The molecule has 1 amide bonds. The lowest BCUT2D eigenvalue weighted by molar-refractivity contribution is -0.116. The van der Waals surface area contributed by atoms with Crippen molar-refractivity contribution < 1.29 is 9.32 Å². The Morgan fingerprint density at radius 3 is 2.62 bits per heavy atom. The average molecular weight is 431 g/mol. The fourth-order valence-corrected chi connectivity index (χ4v) is 3.51. The molecule has 4 rings (SSSR count). The van der Waals surface area contributed by atoms with E-state index >= 15 is 0 Å². The summed E-state index contributed by atoms with van der Waals surface area (Å²) in [6.45, 7) is 8.01. The molecule has 0 saturated heterocycles. The quantitative estimate of drug-likeness (QED) is 0.490. The van der Waals surface area contributed by atoms with E-state index < -0.39 is 0 Å². The van der Waals surface area contributed by atoms with Crippen LogP contribution in [0.25, 0.3) is 22.4 Å². The number of fused-ring (bicyclic) bond motifs is 1. The van der Waals surface area contributed by atoms with E-state index in [0.29, 0.717) is 33.9 Å². The van der Waals surface area contributed by atoms with Crippen molar-refractivity contribution in [1.29, 1.82) is 0 Å². The first-order valence-corrected chi connectivity index (χ1v) is 10.5. The van der Waals surface area contributed by atoms with E-state index in [9.17, 15) is 9.59 Å². The number of nitrogens with zero attached hydrogens (tertiary/aromatic N) is 4. The molecule has 2 heterocycles. The van der Waals surface area contributed by atoms with Crippen LogP contribution in [0.4, 0.5) is 5.69 Å². The molecule has 0 spiro atoms. The largest absolute Gasteiger partial charge is 0.334 e. The van der Waals surface area contributed by atoms with Crippen LogP contribution in [0, 0.1) is 13.8 Å². The molecule has 0 fully saturated rings. The predicted octanol–water partition coefficient (Wildman–Crippen LogP) is 4.22. The first-order chi connectivity index (χ1) is 15.3. The standard InChI is InChI=1S/C24H25N5O3/c1-14(2)22-27-23(32-28-22)17-9-5-8-16(4)21(17)26-19(30)11-12-29-13-25-20-15(3)7-6-10-18(20)24(29)31/h5-10,13-14H,11-12H2,1-4H3,(H,26,30). The third kappa shape index (κ3) is 4.16. The second kappa shape index (κ2) is 8.74. The topological polar surface area (TPSA) is 103 Å². The third-order valence-corrected chi connectivity index (χ3v) is 5.36. The molecule has 0 aliphatic carbocycles. The molecule has 0 saturated carbocycles. The van der Waals surface area contributed by atoms with Crippen molar-refractivity contribution in [3.63, 3.8) is 0 Å². The van der Waals surface area contributed by atoms with Crippen LogP contribution in [0.5, 0.6) is 0 Å². The van der Waals surface area contributed by atoms with Gasteiger partial charge in [-0.05, 0) is 37.1 Å². The van der Waals surface area contributed by atoms with Gasteiger partial charge in [-0.3, -0.25) is 14.2 Å². The van der Waals surface area contributed by atoms with Crippen LogP contribution < -0.4 is 10.9 Å². The molecule has 0 atom stereocenters. The molecular weight excluding hydrogens is 406 g/mol. The minimum atomic E-state index is -0.222. The Labute approximate surface area is 185 Å². The number of aromatic nitrogens is 4. The minimum absolute atomic E-state index is 0.119. The summed E-state index contributed by atoms with van der Waals surface area (Å²) in [4.78, 5) is 34.4. The van der Waals surface area contributed by atoms with Crippen molar-refractivity contribution in [3.05, 3.63) is 70.0 Å². The molecule has 2 aromatic heterocycles. The highest BCUT2D eigenvalue weighted by molar-refractivity contribution is 5.95. The number of benzene rings is 2. The number of carbonyl (C=O) groups is 1. The lowest BCUT2D eigenvalue weighted by Crippen LogP contribution is -2.24. The number of para-hydroxylation sites is 2. The Bertz CT molecular complexity index is 1350. The number of rotatable bonds is 6. The van der Waals surface area contributed by atoms with Gasteiger partial charge in [0.05, 0.1) is 28.5 Å². The zero-order valence-electron chi connectivity index (χ0n) is 18.5. The fraction of sp³-hybridized carbons (Fsp3) is 0.292. The molecule has 8 heteroatoms. The van der Waals surface area contributed by atoms with Crippen molar-refractivity contribution >= 4 is 22.5 Å². The molecule has 0 aliphatic rings. The van der Waals surface area contributed by atoms with Crippen molar-refractivity contribution in [2.75, 3.05) is 5.32 Å². The summed E-state index contributed by atoms with van der Waals surface area (Å²) in [5, 5.41) is 7.51. The molecular formula is C24H25N5O3. The van der Waals surface area contributed by atoms with Crippen molar-refractivity contribution in [2.45, 2.75) is 46.6 Å². The predicted molar refractivity (Wildman–Crippen MR) is 123 cm³/mol. The Hall–Kier alpha value is -3.81. The van der Waals surface area contributed by atoms with Gasteiger partial charge in [-0.2, -0.15) is 4.98 Å². The Morgan fingerprint density at radius 1 is 1.12 bits per heavy atom. The summed E-state index contributed by atoms with van der Waals surface area (Å²) >= 11 is 0. The van der Waals surface area contributed by atoms with E-state index in [0.717, 1.165) is 11.1 Å². The van der Waals surface area contributed by atoms with Crippen molar-refractivity contribution in [1.82, 2.24) is 19.7 Å². The minimum Gasteiger partial charge on any atom is -0.334 e. The van der Waals surface area contributed by atoms with Crippen LogP contribution in [-0.2, 0) is 11.3 Å². The number of nitrogens with one attached hydrogen (secondary N) is 1. The number of hydrogen-bond acceptors (Lipinski definition) is 6. The van der Waals surface area contributed by atoms with Gasteiger partial charge in [0.25, 0.3) is 11.4 Å². The smallest absolute Gasteiger partial charge is 0.261 e. The maximum atomic E-state index is 12.8. The second-order valence-electron chi connectivity index (χ2n) is 8.12. The fourth-order valence-electron chi connectivity index (χ4n) is 3.51. The zero-order chi connectivity index (χ0) is 22.8. The van der Waals surface area contributed by atoms with Crippen LogP contribution in [-0.4, -0.2) is 25.6 Å². The molecule has 4 aromatic rings. The Balaban J connectivity index is 1.53. The summed E-state index contributed by atoms with van der Waals surface area (Å²) < 4.78 is 6.88. The van der Waals surface area contributed by atoms with Crippen molar-refractivity contribution in [3.8, 4) is 11.5 Å². The molecule has 0 unspecified atom stereocenters. The second-order valence-corrected chi connectivity index (χ2v) is 8.12. The highest BCUT2D eigenvalue weighted by Crippen LogP contribution is 2.30. The van der Waals surface area contributed by atoms with Gasteiger partial charge in [0.2, 0.25) is 5.91 Å². The normalized spacial score (nSPS) is 11.3. The molecule has 0 bridgehead atoms. The third-order valence-electron chi connectivity index (χ3n) is 5.36. The number of hydrogen-bond donors (Lipinski definition) is 1. The lowest BCUT2D eigenvalue weighted by Gasteiger charge is -2.12. The van der Waals surface area contributed by atoms with Gasteiger partial charge in [-0.15, -0.1) is 0 Å². The summed E-state index contributed by atoms with van der Waals surface area (Å²) in [5.74, 6) is 0.878. The van der Waals surface area contributed by atoms with E-state index in [1.165, 1.54) is 10.9 Å². The summed E-state index contributed by atoms with van der Waals surface area (Å²) in [7, 11) is 0. The Morgan fingerprint density at radius 2 is 1.88 bits per heavy atom. The summed E-state index contributed by atoms with van der Waals surface area (Å²) in [6, 6.07) is 11.1. The molecule has 0 radical (unpaired) electrons. The molecule has 164 valence electrons. The van der Waals surface area contributed by atoms with Crippen LogP contribution in [0.15, 0.2) is 52.0 Å². The first kappa shape index (κ1) is 21.4. The monoisotopic (exact) mass is 431 g/mol. The van der Waals surface area contributed by atoms with E-state index in [4.69, 9.17) is 4.52 Å². The highest BCUT2D eigenvalue weighted by atomic mass is 16.5. The zero-order valence-corrected chi connectivity index (χ0v) is 18.5. The van der Waals surface area contributed by atoms with Crippen LogP contribution in [0.1, 0.15) is 43.1 Å². The Kier molecular flexibility index (Phi) is 5.85. The van der Waals surface area contributed by atoms with E-state index in [2.05, 4.69) is 20.4 Å². The lowest BCUT2D eigenvalue weighted by atomic mass is 10.1. The average Bonchev–Trinajstić information content (AvgIpc) is 3.26. The van der Waals surface area contributed by atoms with Gasteiger partial charge in [0, 0.05) is 18.9 Å². The highest BCUT2D eigenvalue weighted by Gasteiger charge is 2.18. The van der Waals surface area contributed by atoms with Gasteiger partial charge < -0.3 is 9.84 Å². The first-order valence-electron chi connectivity index (χ1n) is 10.5. The van der Waals surface area contributed by atoms with Gasteiger partial charge in [-0.25, -0.2) is 4.98 Å². The van der Waals surface area contributed by atoms with Gasteiger partial charge in [0.1, 0.15) is 0 Å².